The molecular formula is C14H23N3O3S. The molecule has 1 fully saturated rings. The van der Waals surface area contributed by atoms with Gasteiger partial charge in [-0.2, -0.15) is 0 Å². The van der Waals surface area contributed by atoms with Gasteiger partial charge in [0.25, 0.3) is 0 Å². The van der Waals surface area contributed by atoms with Gasteiger partial charge in [0.2, 0.25) is 10.0 Å². The van der Waals surface area contributed by atoms with Crippen molar-refractivity contribution >= 4 is 10.0 Å². The number of nitrogens with zero attached hydrogens (tertiary/aromatic N) is 2. The number of hydrogen-bond donors (Lipinski definition) is 1. The Morgan fingerprint density at radius 1 is 1.33 bits per heavy atom. The first-order valence-electron chi connectivity index (χ1n) is 7.72. The van der Waals surface area contributed by atoms with Crippen LogP contribution in [0.4, 0.5) is 0 Å². The van der Waals surface area contributed by atoms with Gasteiger partial charge in [-0.1, -0.05) is 0 Å². The molecule has 0 spiro atoms. The van der Waals surface area contributed by atoms with Gasteiger partial charge in [0.1, 0.15) is 5.82 Å². The van der Waals surface area contributed by atoms with Crippen molar-refractivity contribution in [1.82, 2.24) is 14.3 Å². The molecule has 1 N–H and O–H groups in total. The van der Waals surface area contributed by atoms with Crippen LogP contribution in [0.15, 0.2) is 6.20 Å². The number of imidazole rings is 1. The van der Waals surface area contributed by atoms with Crippen LogP contribution >= 0.6 is 0 Å². The quantitative estimate of drug-likeness (QED) is 0.882. The van der Waals surface area contributed by atoms with Gasteiger partial charge >= 0.3 is 0 Å². The molecule has 2 aliphatic heterocycles. The Bertz CT molecular complexity index is 553. The number of sulfonamides is 1. The summed E-state index contributed by atoms with van der Waals surface area (Å²) < 4.78 is 34.4. The van der Waals surface area contributed by atoms with E-state index in [0.29, 0.717) is 19.8 Å². The molecule has 0 aliphatic carbocycles. The molecule has 0 amide bonds. The van der Waals surface area contributed by atoms with Crippen molar-refractivity contribution in [2.24, 2.45) is 5.92 Å². The smallest absolute Gasteiger partial charge is 0.212 e. The van der Waals surface area contributed by atoms with Crippen molar-refractivity contribution in [3.63, 3.8) is 0 Å². The van der Waals surface area contributed by atoms with E-state index in [4.69, 9.17) is 4.74 Å². The minimum Gasteiger partial charge on any atom is -0.381 e. The second-order valence-electron chi connectivity index (χ2n) is 5.96. The van der Waals surface area contributed by atoms with E-state index in [1.165, 1.54) is 12.8 Å². The van der Waals surface area contributed by atoms with E-state index in [1.807, 2.05) is 6.20 Å². The molecule has 1 aromatic rings. The van der Waals surface area contributed by atoms with E-state index >= 15 is 0 Å². The first-order valence-corrected chi connectivity index (χ1v) is 9.38. The number of nitrogens with one attached hydrogen (secondary N) is 1. The molecule has 3 rings (SSSR count). The van der Waals surface area contributed by atoms with E-state index in [0.717, 1.165) is 37.3 Å². The minimum absolute atomic E-state index is 0.198. The van der Waals surface area contributed by atoms with Crippen LogP contribution < -0.4 is 4.72 Å². The molecular weight excluding hydrogens is 290 g/mol. The summed E-state index contributed by atoms with van der Waals surface area (Å²) in [5, 5.41) is 0. The van der Waals surface area contributed by atoms with Crippen LogP contribution in [0.1, 0.15) is 37.2 Å². The molecule has 0 atom stereocenters. The van der Waals surface area contributed by atoms with Crippen LogP contribution in [-0.2, 0) is 34.3 Å². The topological polar surface area (TPSA) is 73.2 Å². The molecule has 0 bridgehead atoms. The lowest BCUT2D eigenvalue weighted by Gasteiger charge is -2.21. The number of aryl methyl sites for hydroxylation is 2. The zero-order valence-electron chi connectivity index (χ0n) is 12.3. The summed E-state index contributed by atoms with van der Waals surface area (Å²) in [5.74, 6) is 1.50. The van der Waals surface area contributed by atoms with Crippen molar-refractivity contribution in [2.45, 2.75) is 45.2 Å². The average molecular weight is 313 g/mol. The van der Waals surface area contributed by atoms with Crippen molar-refractivity contribution in [2.75, 3.05) is 19.0 Å². The Morgan fingerprint density at radius 2 is 2.14 bits per heavy atom. The highest BCUT2D eigenvalue weighted by molar-refractivity contribution is 7.89. The van der Waals surface area contributed by atoms with Gasteiger partial charge < -0.3 is 9.30 Å². The van der Waals surface area contributed by atoms with Crippen LogP contribution in [0.2, 0.25) is 0 Å². The van der Waals surface area contributed by atoms with E-state index < -0.39 is 10.0 Å². The summed E-state index contributed by atoms with van der Waals surface area (Å²) in [5.41, 5.74) is 0.822. The van der Waals surface area contributed by atoms with E-state index in [2.05, 4.69) is 14.3 Å². The molecule has 0 unspecified atom stereocenters. The van der Waals surface area contributed by atoms with Gasteiger partial charge in [0.05, 0.1) is 18.0 Å². The maximum atomic E-state index is 12.1. The Balaban J connectivity index is 1.54. The normalized spacial score (nSPS) is 20.4. The van der Waals surface area contributed by atoms with Crippen molar-refractivity contribution in [3.8, 4) is 0 Å². The molecule has 0 aromatic carbocycles. The molecule has 1 saturated heterocycles. The average Bonchev–Trinajstić information content (AvgIpc) is 2.89. The molecule has 21 heavy (non-hydrogen) atoms. The van der Waals surface area contributed by atoms with Gasteiger partial charge in [-0.05, 0) is 31.6 Å². The highest BCUT2D eigenvalue weighted by Crippen LogP contribution is 2.17. The van der Waals surface area contributed by atoms with Crippen molar-refractivity contribution < 1.29 is 13.2 Å². The standard InChI is InChI=1S/C14H23N3O3S/c18-21(19,11-12-4-7-20-8-5-12)15-9-13-10-17-6-2-1-3-14(17)16-13/h10,12,15H,1-9,11H2. The zero-order chi connectivity index (χ0) is 14.7. The number of aromatic nitrogens is 2. The van der Waals surface area contributed by atoms with E-state index in [1.54, 1.807) is 0 Å². The lowest BCUT2D eigenvalue weighted by molar-refractivity contribution is 0.0723. The number of fused-ring (bicyclic) bond motifs is 1. The predicted molar refractivity (Wildman–Crippen MR) is 79.3 cm³/mol. The molecule has 118 valence electrons. The summed E-state index contributed by atoms with van der Waals surface area (Å²) in [6, 6.07) is 0. The third-order valence-corrected chi connectivity index (χ3v) is 5.72. The van der Waals surface area contributed by atoms with Crippen LogP contribution in [0, 0.1) is 5.92 Å². The van der Waals surface area contributed by atoms with Crippen LogP contribution in [0.5, 0.6) is 0 Å². The highest BCUT2D eigenvalue weighted by atomic mass is 32.2. The summed E-state index contributed by atoms with van der Waals surface area (Å²) in [4.78, 5) is 4.52. The highest BCUT2D eigenvalue weighted by Gasteiger charge is 2.22. The molecule has 0 radical (unpaired) electrons. The lowest BCUT2D eigenvalue weighted by atomic mass is 10.0. The summed E-state index contributed by atoms with van der Waals surface area (Å²) >= 11 is 0. The first-order chi connectivity index (χ1) is 10.1. The van der Waals surface area contributed by atoms with Crippen molar-refractivity contribution in [1.29, 1.82) is 0 Å². The summed E-state index contributed by atoms with van der Waals surface area (Å²) in [6.45, 7) is 2.64. The first kappa shape index (κ1) is 15.0. The lowest BCUT2D eigenvalue weighted by Crippen LogP contribution is -2.32. The van der Waals surface area contributed by atoms with Gasteiger partial charge in [-0.25, -0.2) is 18.1 Å². The Hall–Kier alpha value is -0.920. The second-order valence-corrected chi connectivity index (χ2v) is 7.81. The zero-order valence-corrected chi connectivity index (χ0v) is 13.1. The third-order valence-electron chi connectivity index (χ3n) is 4.23. The Labute approximate surface area is 125 Å². The van der Waals surface area contributed by atoms with Gasteiger partial charge in [0.15, 0.2) is 0 Å². The maximum Gasteiger partial charge on any atom is 0.212 e. The maximum absolute atomic E-state index is 12.1. The Morgan fingerprint density at radius 3 is 2.90 bits per heavy atom. The summed E-state index contributed by atoms with van der Waals surface area (Å²) in [7, 11) is -3.24. The largest absolute Gasteiger partial charge is 0.381 e. The van der Waals surface area contributed by atoms with Gasteiger partial charge in [-0.3, -0.25) is 0 Å². The van der Waals surface area contributed by atoms with E-state index in [9.17, 15) is 8.42 Å². The van der Waals surface area contributed by atoms with Gasteiger partial charge in [0, 0.05) is 32.4 Å². The minimum atomic E-state index is -3.24. The second kappa shape index (κ2) is 6.46. The molecule has 7 heteroatoms. The SMILES string of the molecule is O=S(=O)(CC1CCOCC1)NCc1cn2c(n1)CCCC2. The monoisotopic (exact) mass is 313 g/mol. The molecule has 0 saturated carbocycles. The molecule has 2 aliphatic rings. The van der Waals surface area contributed by atoms with E-state index in [-0.39, 0.29) is 11.7 Å². The number of ether oxygens (including phenoxy) is 1. The predicted octanol–water partition coefficient (Wildman–Crippen LogP) is 1.07. The summed E-state index contributed by atoms with van der Waals surface area (Å²) in [6.07, 6.45) is 6.99. The van der Waals surface area contributed by atoms with Crippen molar-refractivity contribution in [3.05, 3.63) is 17.7 Å². The number of rotatable bonds is 5. The fraction of sp³-hybridized carbons (Fsp3) is 0.786. The molecule has 6 nitrogen and oxygen atoms in total. The Kier molecular flexibility index (Phi) is 4.61. The van der Waals surface area contributed by atoms with Gasteiger partial charge in [-0.15, -0.1) is 0 Å². The van der Waals surface area contributed by atoms with Crippen LogP contribution in [-0.4, -0.2) is 36.9 Å². The fourth-order valence-electron chi connectivity index (χ4n) is 3.02. The third kappa shape index (κ3) is 4.05. The molecule has 1 aromatic heterocycles. The fourth-order valence-corrected chi connectivity index (χ4v) is 4.46. The number of hydrogen-bond acceptors (Lipinski definition) is 4. The van der Waals surface area contributed by atoms with Crippen LogP contribution in [0.3, 0.4) is 0 Å². The molecule has 3 heterocycles. The van der Waals surface area contributed by atoms with Crippen LogP contribution in [0.25, 0.3) is 0 Å².